The molecule has 3 unspecified atom stereocenters. The van der Waals surface area contributed by atoms with Gasteiger partial charge in [0.2, 0.25) is 0 Å². The Morgan fingerprint density at radius 2 is 1.07 bits per heavy atom. The first kappa shape index (κ1) is 49.9. The first-order chi connectivity index (χ1) is 26.0. The molecule has 2 aromatic carbocycles. The summed E-state index contributed by atoms with van der Waals surface area (Å²) in [5.74, 6) is 0.748. The molecule has 0 aliphatic rings. The molecule has 0 radical (unpaired) electrons. The van der Waals surface area contributed by atoms with Crippen molar-refractivity contribution < 1.29 is 18.9 Å². The average Bonchev–Trinajstić information content (AvgIpc) is 3.86. The third kappa shape index (κ3) is 17.3. The Kier molecular flexibility index (Phi) is 20.3. The molecule has 56 heavy (non-hydrogen) atoms. The molecule has 2 heterocycles. The van der Waals surface area contributed by atoms with E-state index in [0.717, 1.165) is 0 Å². The van der Waals surface area contributed by atoms with Crippen LogP contribution in [0.3, 0.4) is 0 Å². The highest BCUT2D eigenvalue weighted by molar-refractivity contribution is 7.10. The number of rotatable bonds is 18. The van der Waals surface area contributed by atoms with Crippen LogP contribution in [-0.4, -0.2) is 56.3 Å². The fourth-order valence-electron chi connectivity index (χ4n) is 5.79. The molecule has 4 aromatic rings. The van der Waals surface area contributed by atoms with Crippen molar-refractivity contribution in [2.45, 2.75) is 131 Å². The van der Waals surface area contributed by atoms with Gasteiger partial charge in [0.1, 0.15) is 6.10 Å². The smallest absolute Gasteiger partial charge is 0.183 e. The molecule has 312 valence electrons. The highest BCUT2D eigenvalue weighted by Crippen LogP contribution is 2.40. The predicted octanol–water partition coefficient (Wildman–Crippen LogP) is 14.2. The van der Waals surface area contributed by atoms with Gasteiger partial charge in [-0.05, 0) is 120 Å². The van der Waals surface area contributed by atoms with Crippen LogP contribution in [0.1, 0.15) is 101 Å². The summed E-state index contributed by atoms with van der Waals surface area (Å²) in [7, 11) is -3.20. The minimum atomic E-state index is -1.62. The van der Waals surface area contributed by atoms with Gasteiger partial charge in [-0.25, -0.2) is 0 Å². The van der Waals surface area contributed by atoms with Gasteiger partial charge in [-0.3, -0.25) is 4.84 Å². The Bertz CT molecular complexity index is 1620. The maximum Gasteiger partial charge on any atom is 0.183 e. The maximum absolute atomic E-state index is 10.8. The highest BCUT2D eigenvalue weighted by Gasteiger charge is 2.40. The van der Waals surface area contributed by atoms with E-state index >= 15 is 0 Å². The summed E-state index contributed by atoms with van der Waals surface area (Å²) in [5, 5.41) is 18.7. The zero-order valence-electron chi connectivity index (χ0n) is 37.2. The molecule has 6 nitrogen and oxygen atoms in total. The van der Waals surface area contributed by atoms with Crippen LogP contribution in [0.5, 0.6) is 0 Å². The third-order valence-electron chi connectivity index (χ3n) is 8.96. The van der Waals surface area contributed by atoms with Crippen molar-refractivity contribution in [2.75, 3.05) is 13.2 Å². The molecular weight excluding hydrogens is 765 g/mol. The van der Waals surface area contributed by atoms with Crippen molar-refractivity contribution in [3.63, 3.8) is 0 Å². The van der Waals surface area contributed by atoms with Crippen LogP contribution in [0.15, 0.2) is 102 Å². The average molecular weight is 839 g/mol. The van der Waals surface area contributed by atoms with Crippen molar-refractivity contribution >= 4 is 45.4 Å². The van der Waals surface area contributed by atoms with Crippen molar-refractivity contribution in [2.24, 2.45) is 11.8 Å². The van der Waals surface area contributed by atoms with Crippen molar-refractivity contribution in [3.8, 4) is 0 Å². The second-order valence-corrected chi connectivity index (χ2v) is 29.3. The summed E-state index contributed by atoms with van der Waals surface area (Å²) in [6.07, 6.45) is 1.80. The molecule has 10 heteroatoms. The zero-order valence-corrected chi connectivity index (χ0v) is 40.8. The van der Waals surface area contributed by atoms with E-state index < -0.39 is 22.2 Å². The number of benzene rings is 2. The summed E-state index contributed by atoms with van der Waals surface area (Å²) < 4.78 is 12.3. The molecule has 0 aliphatic carbocycles. The van der Waals surface area contributed by atoms with Crippen LogP contribution in [0.25, 0.3) is 6.08 Å². The van der Waals surface area contributed by atoms with Gasteiger partial charge in [0.25, 0.3) is 0 Å². The Balaban J connectivity index is 0.000000334. The molecule has 1 N–H and O–H groups in total. The SMILES string of the molecule is C=Cc1ccccc1.CC(C)C(c1cccs1)N(O)C(C)(C)CO[Si](C)(C)C.CC(ON(C(c1cccs1)C(C)C)C(C)(C)CO[Si](C)(C)C)c1ccccc1. The normalized spacial score (nSPS) is 14.2. The van der Waals surface area contributed by atoms with E-state index in [-0.39, 0.29) is 23.7 Å². The standard InChI is InChI=1S/C23H37NO2SSi.C15H29NO2SSi.C8H8/c1-18(2)22(21-15-12-16-27-21)24(23(4,5)17-25-28(6,7)8)26-19(3)20-13-10-9-11-14-20;1-12(2)14(13-9-8-10-19-13)16(17)15(3,4)11-18-20(5,6)7;1-2-8-6-4-3-5-7-8/h9-16,18-19,22H,17H2,1-8H3;8-10,12,14,17H,11H2,1-7H3;2-7H,1H2. The number of hydroxylamine groups is 4. The molecule has 0 amide bonds. The second-order valence-electron chi connectivity index (χ2n) is 18.3. The summed E-state index contributed by atoms with van der Waals surface area (Å²) in [6.45, 7) is 37.5. The molecule has 0 aliphatic heterocycles. The fraction of sp³-hybridized carbons (Fsp3) is 0.522. The van der Waals surface area contributed by atoms with E-state index in [2.05, 4.69) is 153 Å². The minimum Gasteiger partial charge on any atom is -0.416 e. The van der Waals surface area contributed by atoms with Crippen LogP contribution in [0.2, 0.25) is 39.3 Å². The molecule has 0 spiro atoms. The molecule has 3 atom stereocenters. The Labute approximate surface area is 351 Å². The van der Waals surface area contributed by atoms with E-state index in [9.17, 15) is 5.21 Å². The third-order valence-corrected chi connectivity index (χ3v) is 12.9. The predicted molar refractivity (Wildman–Crippen MR) is 248 cm³/mol. The van der Waals surface area contributed by atoms with E-state index in [4.69, 9.17) is 13.7 Å². The summed E-state index contributed by atoms with van der Waals surface area (Å²) >= 11 is 3.49. The molecule has 0 saturated carbocycles. The monoisotopic (exact) mass is 838 g/mol. The summed E-state index contributed by atoms with van der Waals surface area (Å²) in [4.78, 5) is 9.22. The molecule has 0 bridgehead atoms. The molecule has 2 aromatic heterocycles. The lowest BCUT2D eigenvalue weighted by molar-refractivity contribution is -0.280. The van der Waals surface area contributed by atoms with Gasteiger partial charge in [-0.1, -0.05) is 113 Å². The van der Waals surface area contributed by atoms with Gasteiger partial charge in [-0.2, -0.15) is 10.1 Å². The summed E-state index contributed by atoms with van der Waals surface area (Å²) in [6, 6.07) is 29.1. The fourth-order valence-corrected chi connectivity index (χ4v) is 9.32. The number of thiophene rings is 2. The Morgan fingerprint density at radius 3 is 1.45 bits per heavy atom. The van der Waals surface area contributed by atoms with Crippen LogP contribution in [0, 0.1) is 11.8 Å². The lowest BCUT2D eigenvalue weighted by Gasteiger charge is -2.45. The Morgan fingerprint density at radius 1 is 0.643 bits per heavy atom. The van der Waals surface area contributed by atoms with Crippen molar-refractivity contribution in [1.82, 2.24) is 10.1 Å². The van der Waals surface area contributed by atoms with Gasteiger partial charge in [0, 0.05) is 9.75 Å². The van der Waals surface area contributed by atoms with Crippen LogP contribution >= 0.6 is 22.7 Å². The molecule has 0 fully saturated rings. The lowest BCUT2D eigenvalue weighted by atomic mass is 9.96. The van der Waals surface area contributed by atoms with E-state index in [1.807, 2.05) is 62.4 Å². The number of nitrogens with zero attached hydrogens (tertiary/aromatic N) is 2. The first-order valence-electron chi connectivity index (χ1n) is 20.0. The van der Waals surface area contributed by atoms with E-state index in [1.165, 1.54) is 25.9 Å². The Hall–Kier alpha value is -2.23. The van der Waals surface area contributed by atoms with Crippen molar-refractivity contribution in [1.29, 1.82) is 0 Å². The minimum absolute atomic E-state index is 0.00948. The maximum atomic E-state index is 10.8. The molecule has 0 saturated heterocycles. The second kappa shape index (κ2) is 22.8. The quantitative estimate of drug-likeness (QED) is 0.0796. The van der Waals surface area contributed by atoms with Crippen molar-refractivity contribution in [3.05, 3.63) is 123 Å². The van der Waals surface area contributed by atoms with Gasteiger partial charge in [0.05, 0.1) is 36.4 Å². The largest absolute Gasteiger partial charge is 0.416 e. The topological polar surface area (TPSA) is 54.4 Å². The number of hydrogen-bond donors (Lipinski definition) is 1. The molecule has 4 rings (SSSR count). The number of hydrogen-bond acceptors (Lipinski definition) is 8. The van der Waals surface area contributed by atoms with Crippen LogP contribution in [-0.2, 0) is 13.7 Å². The first-order valence-corrected chi connectivity index (χ1v) is 28.6. The van der Waals surface area contributed by atoms with Crippen LogP contribution in [0.4, 0.5) is 0 Å². The van der Waals surface area contributed by atoms with Crippen LogP contribution < -0.4 is 0 Å². The van der Waals surface area contributed by atoms with E-state index in [1.54, 1.807) is 22.7 Å². The van der Waals surface area contributed by atoms with Gasteiger partial charge in [0.15, 0.2) is 16.6 Å². The zero-order chi connectivity index (χ0) is 42.3. The van der Waals surface area contributed by atoms with Gasteiger partial charge < -0.3 is 14.1 Å². The van der Waals surface area contributed by atoms with Gasteiger partial charge >= 0.3 is 0 Å². The summed E-state index contributed by atoms with van der Waals surface area (Å²) in [5.41, 5.74) is 1.69. The highest BCUT2D eigenvalue weighted by atomic mass is 32.1. The van der Waals surface area contributed by atoms with E-state index in [0.29, 0.717) is 25.0 Å². The van der Waals surface area contributed by atoms with Gasteiger partial charge in [-0.15, -0.1) is 22.7 Å². The molecular formula is C46H74N2O4S2Si2. The lowest BCUT2D eigenvalue weighted by Crippen LogP contribution is -2.52.